The van der Waals surface area contributed by atoms with Gasteiger partial charge >= 0.3 is 0 Å². The molecular weight excluding hydrogens is 490 g/mol. The molecule has 0 bridgehead atoms. The number of nitrogens with two attached hydrogens (primary N) is 1. The largest absolute Gasteiger partial charge is 0.496 e. The van der Waals surface area contributed by atoms with Crippen LogP contribution < -0.4 is 15.4 Å². The highest BCUT2D eigenvalue weighted by molar-refractivity contribution is 6.41. The Labute approximate surface area is 222 Å². The molecule has 0 spiro atoms. The zero-order valence-corrected chi connectivity index (χ0v) is 22.8. The van der Waals surface area contributed by atoms with Gasteiger partial charge in [-0.1, -0.05) is 25.4 Å². The van der Waals surface area contributed by atoms with Gasteiger partial charge in [0.25, 0.3) is 5.91 Å². The second kappa shape index (κ2) is 11.3. The molecule has 0 saturated carbocycles. The molecule has 3 aromatic heterocycles. The molecule has 10 heteroatoms. The van der Waals surface area contributed by atoms with E-state index in [2.05, 4.69) is 44.7 Å². The Hall–Kier alpha value is -3.43. The third kappa shape index (κ3) is 5.47. The summed E-state index contributed by atoms with van der Waals surface area (Å²) in [6, 6.07) is 4.03. The van der Waals surface area contributed by atoms with E-state index in [1.807, 2.05) is 19.9 Å². The molecule has 1 amide bonds. The number of rotatable bonds is 10. The van der Waals surface area contributed by atoms with E-state index in [-0.39, 0.29) is 23.6 Å². The number of nitrogens with one attached hydrogen (secondary N) is 1. The fourth-order valence-electron chi connectivity index (χ4n) is 4.75. The van der Waals surface area contributed by atoms with Crippen molar-refractivity contribution in [2.75, 3.05) is 37.4 Å². The summed E-state index contributed by atoms with van der Waals surface area (Å²) >= 11 is 6.50. The first-order valence-electron chi connectivity index (χ1n) is 12.5. The Morgan fingerprint density at radius 2 is 1.97 bits per heavy atom. The zero-order valence-electron chi connectivity index (χ0n) is 22.1. The maximum atomic E-state index is 13.7. The fraction of sp³-hybridized carbons (Fsp3) is 0.407. The van der Waals surface area contributed by atoms with Crippen LogP contribution in [0, 0.1) is 13.8 Å². The van der Waals surface area contributed by atoms with E-state index < -0.39 is 0 Å². The molecule has 3 N–H and O–H groups in total. The van der Waals surface area contributed by atoms with Gasteiger partial charge in [0, 0.05) is 28.7 Å². The van der Waals surface area contributed by atoms with Gasteiger partial charge < -0.3 is 20.4 Å². The lowest BCUT2D eigenvalue weighted by atomic mass is 10.1. The Balaban J connectivity index is 1.64. The fourth-order valence-corrected chi connectivity index (χ4v) is 5.02. The van der Waals surface area contributed by atoms with Crippen molar-refractivity contribution in [2.45, 2.75) is 47.1 Å². The van der Waals surface area contributed by atoms with Gasteiger partial charge in [0.2, 0.25) is 5.95 Å². The van der Waals surface area contributed by atoms with Gasteiger partial charge in [-0.15, -0.1) is 0 Å². The van der Waals surface area contributed by atoms with E-state index in [0.717, 1.165) is 60.7 Å². The molecule has 1 aliphatic heterocycles. The van der Waals surface area contributed by atoms with Crippen LogP contribution in [0.5, 0.6) is 5.75 Å². The molecule has 0 unspecified atom stereocenters. The molecule has 37 heavy (non-hydrogen) atoms. The van der Waals surface area contributed by atoms with Crippen molar-refractivity contribution in [2.24, 2.45) is 0 Å². The predicted molar refractivity (Wildman–Crippen MR) is 148 cm³/mol. The Morgan fingerprint density at radius 1 is 1.22 bits per heavy atom. The van der Waals surface area contributed by atoms with Crippen molar-refractivity contribution in [3.05, 3.63) is 57.3 Å². The van der Waals surface area contributed by atoms with Crippen molar-refractivity contribution in [3.8, 4) is 5.75 Å². The predicted octanol–water partition coefficient (Wildman–Crippen LogP) is 4.42. The second-order valence-electron chi connectivity index (χ2n) is 9.14. The first-order chi connectivity index (χ1) is 17.8. The average molecular weight is 524 g/mol. The van der Waals surface area contributed by atoms with E-state index in [9.17, 15) is 4.79 Å². The number of H-pyrrole nitrogens is 1. The number of halogens is 1. The highest BCUT2D eigenvalue weighted by atomic mass is 35.5. The van der Waals surface area contributed by atoms with E-state index >= 15 is 0 Å². The number of pyridine rings is 1. The van der Waals surface area contributed by atoms with Crippen molar-refractivity contribution in [1.29, 1.82) is 0 Å². The number of hydrogen-bond acceptors (Lipinski definition) is 7. The van der Waals surface area contributed by atoms with Crippen LogP contribution >= 0.6 is 11.6 Å². The number of anilines is 2. The molecule has 0 atom stereocenters. The minimum Gasteiger partial charge on any atom is -0.496 e. The molecular formula is C27H34ClN7O2. The van der Waals surface area contributed by atoms with E-state index in [4.69, 9.17) is 22.1 Å². The monoisotopic (exact) mass is 523 g/mol. The van der Waals surface area contributed by atoms with Gasteiger partial charge in [-0.3, -0.25) is 14.7 Å². The lowest BCUT2D eigenvalue weighted by Crippen LogP contribution is -2.27. The number of fused-ring (bicyclic) bond motifs is 1. The second-order valence-corrected chi connectivity index (χ2v) is 9.49. The van der Waals surface area contributed by atoms with Gasteiger partial charge in [-0.05, 0) is 64.5 Å². The molecule has 1 aliphatic rings. The first kappa shape index (κ1) is 26.6. The van der Waals surface area contributed by atoms with Crippen molar-refractivity contribution in [3.63, 3.8) is 0 Å². The van der Waals surface area contributed by atoms with Crippen molar-refractivity contribution < 1.29 is 9.53 Å². The van der Waals surface area contributed by atoms with Crippen LogP contribution in [-0.2, 0) is 17.8 Å². The number of methoxy groups -OCH3 is 1. The summed E-state index contributed by atoms with van der Waals surface area (Å²) in [6.45, 7) is 11.6. The zero-order chi connectivity index (χ0) is 26.7. The molecule has 9 nitrogen and oxygen atoms in total. The molecule has 0 aromatic carbocycles. The smallest absolute Gasteiger partial charge is 0.260 e. The van der Waals surface area contributed by atoms with Crippen LogP contribution in [0.1, 0.15) is 54.0 Å². The third-order valence-electron chi connectivity index (χ3n) is 6.80. The van der Waals surface area contributed by atoms with E-state index in [1.54, 1.807) is 24.3 Å². The number of ether oxygens (including phenoxy) is 1. The summed E-state index contributed by atoms with van der Waals surface area (Å²) < 4.78 is 5.54. The number of aromatic nitrogens is 4. The molecule has 3 aromatic rings. The highest BCUT2D eigenvalue weighted by Gasteiger charge is 2.37. The number of nitrogen functional groups attached to an aromatic ring is 1. The van der Waals surface area contributed by atoms with Crippen LogP contribution in [0.3, 0.4) is 0 Å². The summed E-state index contributed by atoms with van der Waals surface area (Å²) in [5.41, 5.74) is 11.2. The Kier molecular flexibility index (Phi) is 8.14. The van der Waals surface area contributed by atoms with Crippen LogP contribution in [-0.4, -0.2) is 57.5 Å². The molecule has 4 heterocycles. The maximum Gasteiger partial charge on any atom is 0.260 e. The molecule has 0 aliphatic carbocycles. The van der Waals surface area contributed by atoms with Gasteiger partial charge in [-0.25, -0.2) is 4.98 Å². The number of carbonyl (C=O) groups excluding carboxylic acids is 1. The standard InChI is InChI=1S/C27H34ClN7O2/c1-6-34(7-2)12-8-9-18-10-11-19(31-18)13-20-22-24(28)32-27(29)33-25(22)35(26(20)36)15-21-17(4)23(37-5)16(3)14-30-21/h10-11,13-14,31H,6-9,12,15H2,1-5H3,(H2,29,32,33). The summed E-state index contributed by atoms with van der Waals surface area (Å²) in [7, 11) is 1.62. The minimum absolute atomic E-state index is 0.00401. The molecule has 196 valence electrons. The molecule has 4 rings (SSSR count). The van der Waals surface area contributed by atoms with Gasteiger partial charge in [0.1, 0.15) is 10.9 Å². The Morgan fingerprint density at radius 3 is 2.68 bits per heavy atom. The summed E-state index contributed by atoms with van der Waals surface area (Å²) in [5, 5.41) is 0.141. The van der Waals surface area contributed by atoms with Gasteiger partial charge in [0.05, 0.1) is 30.5 Å². The Bertz CT molecular complexity index is 1330. The summed E-state index contributed by atoms with van der Waals surface area (Å²) in [5.74, 6) is 0.882. The van der Waals surface area contributed by atoms with Gasteiger partial charge in [-0.2, -0.15) is 4.98 Å². The van der Waals surface area contributed by atoms with Gasteiger partial charge in [0.15, 0.2) is 5.82 Å². The molecule has 0 fully saturated rings. The highest BCUT2D eigenvalue weighted by Crippen LogP contribution is 2.41. The number of aromatic amines is 1. The first-order valence-corrected chi connectivity index (χ1v) is 12.9. The van der Waals surface area contributed by atoms with E-state index in [1.165, 1.54) is 0 Å². The third-order valence-corrected chi connectivity index (χ3v) is 7.08. The maximum absolute atomic E-state index is 13.7. The lowest BCUT2D eigenvalue weighted by molar-refractivity contribution is -0.113. The number of hydrogen-bond donors (Lipinski definition) is 2. The number of nitrogens with zero attached hydrogens (tertiary/aromatic N) is 5. The quantitative estimate of drug-likeness (QED) is 0.298. The van der Waals surface area contributed by atoms with Crippen molar-refractivity contribution >= 4 is 40.9 Å². The normalized spacial score (nSPS) is 14.2. The number of aryl methyl sites for hydroxylation is 2. The minimum atomic E-state index is -0.241. The lowest BCUT2D eigenvalue weighted by Gasteiger charge is -2.19. The summed E-state index contributed by atoms with van der Waals surface area (Å²) in [6.07, 6.45) is 5.52. The van der Waals surface area contributed by atoms with Crippen LogP contribution in [0.25, 0.3) is 11.6 Å². The van der Waals surface area contributed by atoms with Crippen LogP contribution in [0.2, 0.25) is 5.15 Å². The SMILES string of the molecule is CCN(CC)CCCc1ccc(C=C2C(=O)N(Cc3ncc(C)c(OC)c3C)c3nc(N)nc(Cl)c32)[nH]1. The average Bonchev–Trinajstić information content (AvgIpc) is 3.42. The topological polar surface area (TPSA) is 113 Å². The van der Waals surface area contributed by atoms with Crippen LogP contribution in [0.15, 0.2) is 18.3 Å². The molecule has 0 saturated heterocycles. The number of amides is 1. The van der Waals surface area contributed by atoms with Crippen molar-refractivity contribution in [1.82, 2.24) is 24.8 Å². The molecule has 0 radical (unpaired) electrons. The summed E-state index contributed by atoms with van der Waals surface area (Å²) in [4.78, 5) is 34.1. The van der Waals surface area contributed by atoms with E-state index in [0.29, 0.717) is 22.6 Å². The van der Waals surface area contributed by atoms with Crippen LogP contribution in [0.4, 0.5) is 11.8 Å². The number of carbonyl (C=O) groups is 1.